The first-order valence-electron chi connectivity index (χ1n) is 10.4. The van der Waals surface area contributed by atoms with Crippen molar-refractivity contribution in [3.8, 4) is 0 Å². The summed E-state index contributed by atoms with van der Waals surface area (Å²) in [6.45, 7) is 7.05. The quantitative estimate of drug-likeness (QED) is 0.734. The summed E-state index contributed by atoms with van der Waals surface area (Å²) in [6, 6.07) is 10.2. The van der Waals surface area contributed by atoms with E-state index >= 15 is 0 Å². The number of rotatable bonds is 3. The summed E-state index contributed by atoms with van der Waals surface area (Å²) in [6.07, 6.45) is 3.45. The van der Waals surface area contributed by atoms with E-state index in [1.165, 1.54) is 6.42 Å². The third-order valence-electron chi connectivity index (χ3n) is 7.35. The smallest absolute Gasteiger partial charge is 0.201 e. The van der Waals surface area contributed by atoms with Crippen LogP contribution in [0.25, 0.3) is 0 Å². The Kier molecular flexibility index (Phi) is 4.37. The van der Waals surface area contributed by atoms with Gasteiger partial charge in [0.1, 0.15) is 0 Å². The summed E-state index contributed by atoms with van der Waals surface area (Å²) in [4.78, 5) is 12.0. The minimum atomic E-state index is -0.734. The number of hydrogen-bond acceptors (Lipinski definition) is 5. The van der Waals surface area contributed by atoms with Crippen molar-refractivity contribution in [2.24, 2.45) is 23.7 Å². The van der Waals surface area contributed by atoms with E-state index in [-0.39, 0.29) is 12.2 Å². The van der Waals surface area contributed by atoms with Gasteiger partial charge in [0.15, 0.2) is 18.2 Å². The zero-order chi connectivity index (χ0) is 18.6. The van der Waals surface area contributed by atoms with E-state index < -0.39 is 17.7 Å². The van der Waals surface area contributed by atoms with Gasteiger partial charge in [0.25, 0.3) is 0 Å². The molecule has 1 aliphatic carbocycles. The lowest BCUT2D eigenvalue weighted by molar-refractivity contribution is -0.577. The first-order valence-corrected chi connectivity index (χ1v) is 10.4. The van der Waals surface area contributed by atoms with Crippen molar-refractivity contribution >= 4 is 0 Å². The fourth-order valence-electron chi connectivity index (χ4n) is 5.82. The van der Waals surface area contributed by atoms with Crippen LogP contribution in [0.5, 0.6) is 0 Å². The van der Waals surface area contributed by atoms with E-state index in [0.717, 1.165) is 24.8 Å². The Morgan fingerprint density at radius 3 is 2.67 bits per heavy atom. The average Bonchev–Trinajstić information content (AvgIpc) is 2.90. The van der Waals surface area contributed by atoms with Crippen LogP contribution in [0.4, 0.5) is 0 Å². The van der Waals surface area contributed by atoms with Gasteiger partial charge in [-0.25, -0.2) is 9.78 Å². The van der Waals surface area contributed by atoms with Crippen LogP contribution in [-0.2, 0) is 30.6 Å². The zero-order valence-corrected chi connectivity index (χ0v) is 16.4. The maximum atomic E-state index is 6.43. The number of ether oxygens (including phenoxy) is 3. The zero-order valence-electron chi connectivity index (χ0n) is 16.4. The summed E-state index contributed by atoms with van der Waals surface area (Å²) < 4.78 is 19.0. The number of benzene rings is 1. The molecule has 148 valence electrons. The lowest BCUT2D eigenvalue weighted by atomic mass is 9.58. The van der Waals surface area contributed by atoms with Crippen molar-refractivity contribution in [3.63, 3.8) is 0 Å². The standard InChI is InChI=1S/C22H30O5/c1-14-9-10-18-15(2)19(23-13-16-7-5-4-6-8-16)24-20-22(18)17(14)11-12-21(3,25-20)26-27-22/h4-8,14-15,17-20H,9-13H2,1-3H3/t14-,15-,17+,18+,19?,20-,21-,22-/m1/s1. The van der Waals surface area contributed by atoms with Crippen molar-refractivity contribution in [2.75, 3.05) is 0 Å². The Hall–Kier alpha value is -0.980. The van der Waals surface area contributed by atoms with Gasteiger partial charge in [-0.15, -0.1) is 0 Å². The minimum Gasteiger partial charge on any atom is -0.348 e. The van der Waals surface area contributed by atoms with Crippen molar-refractivity contribution in [2.45, 2.75) is 77.0 Å². The molecular weight excluding hydrogens is 344 g/mol. The molecule has 2 bridgehead atoms. The average molecular weight is 374 g/mol. The lowest BCUT2D eigenvalue weighted by Crippen LogP contribution is -2.70. The largest absolute Gasteiger partial charge is 0.348 e. The summed E-state index contributed by atoms with van der Waals surface area (Å²) in [5, 5.41) is 0. The van der Waals surface area contributed by atoms with E-state index in [9.17, 15) is 0 Å². The molecule has 0 radical (unpaired) electrons. The van der Waals surface area contributed by atoms with Gasteiger partial charge < -0.3 is 14.2 Å². The van der Waals surface area contributed by atoms with Gasteiger partial charge in [0.05, 0.1) is 6.61 Å². The number of hydrogen-bond donors (Lipinski definition) is 0. The van der Waals surface area contributed by atoms with Gasteiger partial charge in [-0.05, 0) is 43.6 Å². The predicted molar refractivity (Wildman–Crippen MR) is 98.1 cm³/mol. The summed E-state index contributed by atoms with van der Waals surface area (Å²) in [5.74, 6) is 0.759. The topological polar surface area (TPSA) is 46.2 Å². The Labute approximate surface area is 161 Å². The van der Waals surface area contributed by atoms with E-state index in [1.807, 2.05) is 25.1 Å². The van der Waals surface area contributed by atoms with E-state index in [1.54, 1.807) is 0 Å². The highest BCUT2D eigenvalue weighted by Crippen LogP contribution is 2.60. The molecule has 5 nitrogen and oxygen atoms in total. The molecule has 1 aromatic carbocycles. The maximum Gasteiger partial charge on any atom is 0.201 e. The molecule has 4 aliphatic heterocycles. The van der Waals surface area contributed by atoms with Gasteiger partial charge in [0, 0.05) is 18.3 Å². The monoisotopic (exact) mass is 374 g/mol. The van der Waals surface area contributed by atoms with E-state index in [4.69, 9.17) is 24.0 Å². The molecule has 1 saturated carbocycles. The molecule has 6 rings (SSSR count). The molecule has 5 aliphatic rings. The van der Waals surface area contributed by atoms with Crippen LogP contribution < -0.4 is 0 Å². The highest BCUT2D eigenvalue weighted by molar-refractivity contribution is 5.14. The molecule has 0 N–H and O–H groups in total. The first-order chi connectivity index (χ1) is 13.0. The second-order valence-electron chi connectivity index (χ2n) is 9.07. The Bertz CT molecular complexity index is 681. The molecule has 1 aromatic rings. The molecule has 0 aromatic heterocycles. The minimum absolute atomic E-state index is 0.217. The molecule has 27 heavy (non-hydrogen) atoms. The normalized spacial score (nSPS) is 48.7. The number of fused-ring (bicyclic) bond motifs is 2. The molecule has 5 fully saturated rings. The van der Waals surface area contributed by atoms with E-state index in [0.29, 0.717) is 24.4 Å². The maximum absolute atomic E-state index is 6.43. The lowest BCUT2D eigenvalue weighted by Gasteiger charge is -2.60. The second-order valence-corrected chi connectivity index (χ2v) is 9.07. The Morgan fingerprint density at radius 1 is 1.04 bits per heavy atom. The van der Waals surface area contributed by atoms with Gasteiger partial charge in [-0.2, -0.15) is 0 Å². The fourth-order valence-corrected chi connectivity index (χ4v) is 5.82. The SMILES string of the molecule is C[C@@H]1CC[C@H]2[C@@H](C)C(OCc3ccccc3)O[C@@H]3O[C@@]4(C)CC[C@@H]1[C@]32OO4. The van der Waals surface area contributed by atoms with Crippen LogP contribution in [-0.4, -0.2) is 24.0 Å². The highest BCUT2D eigenvalue weighted by atomic mass is 17.3. The molecule has 1 spiro atoms. The van der Waals surface area contributed by atoms with Gasteiger partial charge in [-0.1, -0.05) is 44.2 Å². The molecular formula is C22H30O5. The van der Waals surface area contributed by atoms with Crippen LogP contribution in [0.3, 0.4) is 0 Å². The van der Waals surface area contributed by atoms with Gasteiger partial charge in [-0.3, -0.25) is 0 Å². The van der Waals surface area contributed by atoms with Crippen LogP contribution in [0.15, 0.2) is 30.3 Å². The van der Waals surface area contributed by atoms with Crippen LogP contribution in [0.2, 0.25) is 0 Å². The molecule has 4 heterocycles. The summed E-state index contributed by atoms with van der Waals surface area (Å²) >= 11 is 0. The third kappa shape index (κ3) is 2.78. The molecule has 1 unspecified atom stereocenters. The van der Waals surface area contributed by atoms with Crippen molar-refractivity contribution in [3.05, 3.63) is 35.9 Å². The Balaban J connectivity index is 1.43. The first kappa shape index (κ1) is 18.1. The molecule has 0 amide bonds. The van der Waals surface area contributed by atoms with E-state index in [2.05, 4.69) is 26.0 Å². The molecule has 5 heteroatoms. The van der Waals surface area contributed by atoms with Crippen molar-refractivity contribution in [1.29, 1.82) is 0 Å². The molecule has 4 saturated heterocycles. The Morgan fingerprint density at radius 2 is 1.85 bits per heavy atom. The van der Waals surface area contributed by atoms with Crippen LogP contribution in [0.1, 0.15) is 52.0 Å². The molecule has 8 atom stereocenters. The summed E-state index contributed by atoms with van der Waals surface area (Å²) in [7, 11) is 0. The van der Waals surface area contributed by atoms with Gasteiger partial charge in [0.2, 0.25) is 5.79 Å². The highest BCUT2D eigenvalue weighted by Gasteiger charge is 2.69. The van der Waals surface area contributed by atoms with Crippen LogP contribution >= 0.6 is 0 Å². The van der Waals surface area contributed by atoms with Crippen molar-refractivity contribution in [1.82, 2.24) is 0 Å². The predicted octanol–water partition coefficient (Wildman–Crippen LogP) is 4.41. The van der Waals surface area contributed by atoms with Crippen molar-refractivity contribution < 1.29 is 24.0 Å². The third-order valence-corrected chi connectivity index (χ3v) is 7.35. The second kappa shape index (κ2) is 6.53. The van der Waals surface area contributed by atoms with Crippen LogP contribution in [0, 0.1) is 23.7 Å². The fraction of sp³-hybridized carbons (Fsp3) is 0.727. The van der Waals surface area contributed by atoms with Gasteiger partial charge >= 0.3 is 0 Å². The summed E-state index contributed by atoms with van der Waals surface area (Å²) in [5.41, 5.74) is 0.637.